The van der Waals surface area contributed by atoms with Gasteiger partial charge in [0.25, 0.3) is 0 Å². The number of ether oxygens (including phenoxy) is 1. The van der Waals surface area contributed by atoms with Gasteiger partial charge >= 0.3 is 5.97 Å². The Morgan fingerprint density at radius 2 is 1.87 bits per heavy atom. The second-order valence-corrected chi connectivity index (χ2v) is 8.82. The molecule has 0 aromatic heterocycles. The molecule has 1 heterocycles. The van der Waals surface area contributed by atoms with E-state index < -0.39 is 12.0 Å². The first-order valence-electron chi connectivity index (χ1n) is 11.2. The Bertz CT molecular complexity index is 698. The first kappa shape index (κ1) is 26.1. The highest BCUT2D eigenvalue weighted by Crippen LogP contribution is 2.34. The van der Waals surface area contributed by atoms with Crippen LogP contribution in [-0.2, 0) is 14.3 Å². The van der Waals surface area contributed by atoms with Crippen molar-refractivity contribution >= 4 is 11.8 Å². The lowest BCUT2D eigenvalue weighted by atomic mass is 9.87. The maximum absolute atomic E-state index is 12.4. The summed E-state index contributed by atoms with van der Waals surface area (Å²) in [6, 6.07) is 0. The Kier molecular flexibility index (Phi) is 11.0. The minimum absolute atomic E-state index is 0.0316. The minimum Gasteiger partial charge on any atom is -0.457 e. The van der Waals surface area contributed by atoms with Crippen molar-refractivity contribution in [2.45, 2.75) is 79.9 Å². The van der Waals surface area contributed by atoms with Gasteiger partial charge < -0.3 is 9.84 Å². The summed E-state index contributed by atoms with van der Waals surface area (Å²) in [6.07, 6.45) is 14.2. The molecule has 1 N–H and O–H groups in total. The van der Waals surface area contributed by atoms with Gasteiger partial charge in [-0.05, 0) is 38.7 Å². The van der Waals surface area contributed by atoms with Gasteiger partial charge in [-0.1, -0.05) is 82.6 Å². The van der Waals surface area contributed by atoms with E-state index in [1.54, 1.807) is 19.1 Å². The molecular weight excluding hydrogens is 376 g/mol. The summed E-state index contributed by atoms with van der Waals surface area (Å²) in [5, 5.41) is 10.0. The molecular formula is C26H40O4. The highest BCUT2D eigenvalue weighted by Gasteiger charge is 2.41. The molecule has 0 amide bonds. The fourth-order valence-electron chi connectivity index (χ4n) is 3.55. The SMILES string of the molecule is CCCC[C@@H](C)/C=C/C=C(\C)[C@H]1OC(=O)[C@@H](/C=C(C)/C=C/[C@H](O)[C@@H](C)C(C)=O)[C@@H]1C. The number of cyclic esters (lactones) is 1. The fourth-order valence-corrected chi connectivity index (χ4v) is 3.55. The first-order valence-corrected chi connectivity index (χ1v) is 11.2. The molecule has 30 heavy (non-hydrogen) atoms. The smallest absolute Gasteiger partial charge is 0.313 e. The molecule has 0 spiro atoms. The number of aliphatic hydroxyl groups is 1. The van der Waals surface area contributed by atoms with Gasteiger partial charge in [-0.25, -0.2) is 0 Å². The van der Waals surface area contributed by atoms with Crippen LogP contribution in [0.1, 0.15) is 67.7 Å². The Morgan fingerprint density at radius 1 is 1.20 bits per heavy atom. The van der Waals surface area contributed by atoms with E-state index in [1.165, 1.54) is 26.2 Å². The van der Waals surface area contributed by atoms with Crippen LogP contribution >= 0.6 is 0 Å². The van der Waals surface area contributed by atoms with Crippen LogP contribution in [0.3, 0.4) is 0 Å². The van der Waals surface area contributed by atoms with E-state index in [0.717, 1.165) is 11.1 Å². The fraction of sp³-hybridized carbons (Fsp3) is 0.615. The summed E-state index contributed by atoms with van der Waals surface area (Å²) in [5.74, 6) is -0.461. The van der Waals surface area contributed by atoms with Gasteiger partial charge in [-0.3, -0.25) is 9.59 Å². The number of Topliss-reactive ketones (excluding diaryl/α,β-unsaturated/α-hetero) is 1. The van der Waals surface area contributed by atoms with Crippen LogP contribution < -0.4 is 0 Å². The Hall–Kier alpha value is -1.94. The predicted molar refractivity (Wildman–Crippen MR) is 123 cm³/mol. The van der Waals surface area contributed by atoms with Crippen LogP contribution in [0.2, 0.25) is 0 Å². The van der Waals surface area contributed by atoms with Crippen molar-refractivity contribution in [1.82, 2.24) is 0 Å². The van der Waals surface area contributed by atoms with E-state index in [-0.39, 0.29) is 29.7 Å². The predicted octanol–water partition coefficient (Wildman–Crippen LogP) is 5.58. The number of ketones is 1. The van der Waals surface area contributed by atoms with E-state index in [1.807, 2.05) is 26.8 Å². The standard InChI is InChI=1S/C26H40O4/c1-8-9-11-17(2)12-10-13-19(4)25-21(6)23(26(29)30-25)16-18(3)14-15-24(28)20(5)22(7)27/h10,12-17,20-21,23-25,28H,8-9,11H2,1-7H3/b12-10+,15-14+,18-16+,19-13+/t17-,20+,21+,23+,24+,25-/m1/s1. The summed E-state index contributed by atoms with van der Waals surface area (Å²) < 4.78 is 5.66. The molecule has 6 atom stereocenters. The molecule has 0 aromatic rings. The Morgan fingerprint density at radius 3 is 2.47 bits per heavy atom. The lowest BCUT2D eigenvalue weighted by molar-refractivity contribution is -0.142. The van der Waals surface area contributed by atoms with Gasteiger partial charge in [-0.15, -0.1) is 0 Å². The van der Waals surface area contributed by atoms with Crippen molar-refractivity contribution in [2.75, 3.05) is 0 Å². The number of rotatable bonds is 11. The molecule has 0 bridgehead atoms. The third-order valence-corrected chi connectivity index (χ3v) is 5.97. The summed E-state index contributed by atoms with van der Waals surface area (Å²) >= 11 is 0. The van der Waals surface area contributed by atoms with Gasteiger partial charge in [0.15, 0.2) is 0 Å². The van der Waals surface area contributed by atoms with Gasteiger partial charge in [0.05, 0.1) is 12.0 Å². The lowest BCUT2D eigenvalue weighted by Crippen LogP contribution is -2.21. The number of hydrogen-bond donors (Lipinski definition) is 1. The molecule has 1 aliphatic heterocycles. The van der Waals surface area contributed by atoms with Crippen LogP contribution in [-0.4, -0.2) is 29.1 Å². The van der Waals surface area contributed by atoms with Crippen molar-refractivity contribution in [3.05, 3.63) is 47.6 Å². The average Bonchev–Trinajstić information content (AvgIpc) is 2.97. The van der Waals surface area contributed by atoms with Gasteiger partial charge in [-0.2, -0.15) is 0 Å². The Balaban J connectivity index is 2.78. The molecule has 4 heteroatoms. The summed E-state index contributed by atoms with van der Waals surface area (Å²) in [5.41, 5.74) is 1.91. The molecule has 0 aliphatic carbocycles. The molecule has 0 saturated carbocycles. The van der Waals surface area contributed by atoms with Crippen molar-refractivity contribution in [1.29, 1.82) is 0 Å². The quantitative estimate of drug-likeness (QED) is 0.353. The number of aliphatic hydroxyl groups excluding tert-OH is 1. The summed E-state index contributed by atoms with van der Waals surface area (Å²) in [7, 11) is 0. The third kappa shape index (κ3) is 8.06. The van der Waals surface area contributed by atoms with E-state index in [2.05, 4.69) is 32.1 Å². The van der Waals surface area contributed by atoms with Crippen LogP contribution in [0.5, 0.6) is 0 Å². The summed E-state index contributed by atoms with van der Waals surface area (Å²) in [4.78, 5) is 23.8. The zero-order valence-corrected chi connectivity index (χ0v) is 19.7. The monoisotopic (exact) mass is 416 g/mol. The second-order valence-electron chi connectivity index (χ2n) is 8.82. The van der Waals surface area contributed by atoms with Gasteiger partial charge in [0.2, 0.25) is 0 Å². The van der Waals surface area contributed by atoms with Gasteiger partial charge in [0.1, 0.15) is 11.9 Å². The lowest BCUT2D eigenvalue weighted by Gasteiger charge is -2.16. The van der Waals surface area contributed by atoms with E-state index >= 15 is 0 Å². The van der Waals surface area contributed by atoms with Crippen molar-refractivity contribution in [3.8, 4) is 0 Å². The molecule has 1 aliphatic rings. The molecule has 0 unspecified atom stereocenters. The molecule has 1 fully saturated rings. The number of esters is 1. The van der Waals surface area contributed by atoms with Crippen molar-refractivity contribution in [3.63, 3.8) is 0 Å². The zero-order chi connectivity index (χ0) is 22.8. The first-order chi connectivity index (χ1) is 14.1. The third-order valence-electron chi connectivity index (χ3n) is 5.97. The molecule has 0 aromatic carbocycles. The molecule has 0 radical (unpaired) electrons. The molecule has 1 rings (SSSR count). The molecule has 168 valence electrons. The number of hydrogen-bond acceptors (Lipinski definition) is 4. The number of carbonyl (C=O) groups excluding carboxylic acids is 2. The highest BCUT2D eigenvalue weighted by atomic mass is 16.6. The van der Waals surface area contributed by atoms with E-state index in [0.29, 0.717) is 5.92 Å². The maximum atomic E-state index is 12.4. The maximum Gasteiger partial charge on any atom is 0.313 e. The minimum atomic E-state index is -0.830. The number of carbonyl (C=O) groups is 2. The van der Waals surface area contributed by atoms with E-state index in [4.69, 9.17) is 4.74 Å². The average molecular weight is 417 g/mol. The normalized spacial score (nSPS) is 26.3. The Labute approximate surface area is 182 Å². The topological polar surface area (TPSA) is 63.6 Å². The van der Waals surface area contributed by atoms with Crippen LogP contribution in [0.25, 0.3) is 0 Å². The van der Waals surface area contributed by atoms with Crippen LogP contribution in [0.15, 0.2) is 47.6 Å². The molecule has 1 saturated heterocycles. The molecule has 4 nitrogen and oxygen atoms in total. The van der Waals surface area contributed by atoms with Gasteiger partial charge in [0, 0.05) is 11.8 Å². The number of allylic oxidation sites excluding steroid dienone is 5. The van der Waals surface area contributed by atoms with E-state index in [9.17, 15) is 14.7 Å². The number of unbranched alkanes of at least 4 members (excludes halogenated alkanes) is 1. The zero-order valence-electron chi connectivity index (χ0n) is 19.7. The van der Waals surface area contributed by atoms with Crippen molar-refractivity contribution < 1.29 is 19.4 Å². The van der Waals surface area contributed by atoms with Crippen LogP contribution in [0, 0.1) is 23.7 Å². The largest absolute Gasteiger partial charge is 0.457 e. The second kappa shape index (κ2) is 12.7. The van der Waals surface area contributed by atoms with Crippen LogP contribution in [0.4, 0.5) is 0 Å². The summed E-state index contributed by atoms with van der Waals surface area (Å²) in [6.45, 7) is 13.5. The van der Waals surface area contributed by atoms with Crippen molar-refractivity contribution in [2.24, 2.45) is 23.7 Å². The highest BCUT2D eigenvalue weighted by molar-refractivity contribution is 5.79.